The molecule has 17 heavy (non-hydrogen) atoms. The molecule has 0 bridgehead atoms. The molecular weight excluding hydrogens is 214 g/mol. The summed E-state index contributed by atoms with van der Waals surface area (Å²) in [5.74, 6) is 0.0734. The summed E-state index contributed by atoms with van der Waals surface area (Å²) in [6.45, 7) is 2.80. The summed E-state index contributed by atoms with van der Waals surface area (Å²) in [6.07, 6.45) is 2.46. The SMILES string of the molecule is C[C@@H]1CC[C@@H](c2ccccc2)N(C(=O)C=O)C1. The molecule has 0 aromatic heterocycles. The fourth-order valence-electron chi connectivity index (χ4n) is 2.49. The van der Waals surface area contributed by atoms with Crippen molar-refractivity contribution < 1.29 is 9.59 Å². The molecule has 2 rings (SSSR count). The van der Waals surface area contributed by atoms with Crippen LogP contribution in [-0.2, 0) is 9.59 Å². The summed E-state index contributed by atoms with van der Waals surface area (Å²) >= 11 is 0. The largest absolute Gasteiger partial charge is 0.329 e. The first-order valence-electron chi connectivity index (χ1n) is 6.03. The molecule has 1 aromatic carbocycles. The van der Waals surface area contributed by atoms with Gasteiger partial charge in [-0.05, 0) is 24.3 Å². The van der Waals surface area contributed by atoms with E-state index in [2.05, 4.69) is 6.92 Å². The van der Waals surface area contributed by atoms with E-state index in [1.165, 1.54) is 0 Å². The fourth-order valence-corrected chi connectivity index (χ4v) is 2.49. The Bertz CT molecular complexity index is 402. The van der Waals surface area contributed by atoms with Crippen molar-refractivity contribution in [3.05, 3.63) is 35.9 Å². The normalized spacial score (nSPS) is 24.4. The zero-order chi connectivity index (χ0) is 12.3. The maximum atomic E-state index is 11.7. The number of carbonyl (C=O) groups excluding carboxylic acids is 2. The lowest BCUT2D eigenvalue weighted by molar-refractivity contribution is -0.142. The van der Waals surface area contributed by atoms with Crippen molar-refractivity contribution in [3.8, 4) is 0 Å². The van der Waals surface area contributed by atoms with Crippen LogP contribution in [0.4, 0.5) is 0 Å². The van der Waals surface area contributed by atoms with Gasteiger partial charge in [0.25, 0.3) is 5.91 Å². The highest BCUT2D eigenvalue weighted by Gasteiger charge is 2.30. The molecule has 1 aliphatic rings. The monoisotopic (exact) mass is 231 g/mol. The molecule has 1 aromatic rings. The Balaban J connectivity index is 2.24. The van der Waals surface area contributed by atoms with Gasteiger partial charge >= 0.3 is 0 Å². The number of hydrogen-bond donors (Lipinski definition) is 0. The average molecular weight is 231 g/mol. The Morgan fingerprint density at radius 1 is 1.29 bits per heavy atom. The molecule has 2 atom stereocenters. The molecule has 0 N–H and O–H groups in total. The third kappa shape index (κ3) is 2.54. The molecule has 0 spiro atoms. The zero-order valence-corrected chi connectivity index (χ0v) is 10.0. The van der Waals surface area contributed by atoms with Gasteiger partial charge in [-0.3, -0.25) is 9.59 Å². The maximum Gasteiger partial charge on any atom is 0.287 e. The van der Waals surface area contributed by atoms with Crippen LogP contribution in [0.2, 0.25) is 0 Å². The van der Waals surface area contributed by atoms with Crippen molar-refractivity contribution in [1.82, 2.24) is 4.90 Å². The van der Waals surface area contributed by atoms with E-state index < -0.39 is 5.91 Å². The molecule has 0 aliphatic carbocycles. The smallest absolute Gasteiger partial charge is 0.287 e. The van der Waals surface area contributed by atoms with Crippen LogP contribution < -0.4 is 0 Å². The molecule has 1 amide bonds. The van der Waals surface area contributed by atoms with E-state index in [0.29, 0.717) is 18.7 Å². The van der Waals surface area contributed by atoms with Crippen LogP contribution in [-0.4, -0.2) is 23.6 Å². The second-order valence-corrected chi connectivity index (χ2v) is 4.72. The lowest BCUT2D eigenvalue weighted by Crippen LogP contribution is -2.42. The number of benzene rings is 1. The van der Waals surface area contributed by atoms with Gasteiger partial charge in [0.1, 0.15) is 0 Å². The average Bonchev–Trinajstić information content (AvgIpc) is 2.38. The highest BCUT2D eigenvalue weighted by atomic mass is 16.2. The molecule has 1 aliphatic heterocycles. The Labute approximate surface area is 101 Å². The van der Waals surface area contributed by atoms with Gasteiger partial charge in [-0.2, -0.15) is 0 Å². The van der Waals surface area contributed by atoms with Gasteiger partial charge in [-0.15, -0.1) is 0 Å². The molecule has 3 nitrogen and oxygen atoms in total. The van der Waals surface area contributed by atoms with Crippen LogP contribution >= 0.6 is 0 Å². The number of rotatable bonds is 2. The van der Waals surface area contributed by atoms with Gasteiger partial charge in [-0.25, -0.2) is 0 Å². The molecule has 0 saturated carbocycles. The van der Waals surface area contributed by atoms with Crippen molar-refractivity contribution >= 4 is 12.2 Å². The number of aldehydes is 1. The molecule has 1 heterocycles. The van der Waals surface area contributed by atoms with E-state index >= 15 is 0 Å². The Hall–Kier alpha value is -1.64. The lowest BCUT2D eigenvalue weighted by Gasteiger charge is -2.37. The predicted octanol–water partition coefficient (Wildman–Crippen LogP) is 2.19. The van der Waals surface area contributed by atoms with E-state index in [1.54, 1.807) is 4.90 Å². The minimum atomic E-state index is -0.398. The van der Waals surface area contributed by atoms with Crippen LogP contribution in [0, 0.1) is 5.92 Å². The molecule has 1 saturated heterocycles. The number of likely N-dealkylation sites (tertiary alicyclic amines) is 1. The molecule has 90 valence electrons. The third-order valence-corrected chi connectivity index (χ3v) is 3.39. The number of hydrogen-bond acceptors (Lipinski definition) is 2. The van der Waals surface area contributed by atoms with Gasteiger partial charge in [0.05, 0.1) is 6.04 Å². The van der Waals surface area contributed by atoms with Gasteiger partial charge in [0.2, 0.25) is 6.29 Å². The topological polar surface area (TPSA) is 37.4 Å². The third-order valence-electron chi connectivity index (χ3n) is 3.39. The van der Waals surface area contributed by atoms with Gasteiger partial charge in [0.15, 0.2) is 0 Å². The first-order valence-corrected chi connectivity index (χ1v) is 6.03. The van der Waals surface area contributed by atoms with Crippen molar-refractivity contribution in [2.75, 3.05) is 6.54 Å². The van der Waals surface area contributed by atoms with Crippen molar-refractivity contribution in [1.29, 1.82) is 0 Å². The van der Waals surface area contributed by atoms with E-state index in [4.69, 9.17) is 0 Å². The summed E-state index contributed by atoms with van der Waals surface area (Å²) in [4.78, 5) is 24.1. The van der Waals surface area contributed by atoms with Crippen LogP contribution in [0.25, 0.3) is 0 Å². The number of amides is 1. The van der Waals surface area contributed by atoms with Crippen LogP contribution in [0.15, 0.2) is 30.3 Å². The molecular formula is C14H17NO2. The fraction of sp³-hybridized carbons (Fsp3) is 0.429. The quantitative estimate of drug-likeness (QED) is 0.578. The van der Waals surface area contributed by atoms with Gasteiger partial charge < -0.3 is 4.90 Å². The van der Waals surface area contributed by atoms with Gasteiger partial charge in [0, 0.05) is 6.54 Å². The Kier molecular flexibility index (Phi) is 3.57. The maximum absolute atomic E-state index is 11.7. The van der Waals surface area contributed by atoms with Crippen LogP contribution in [0.3, 0.4) is 0 Å². The second kappa shape index (κ2) is 5.13. The standard InChI is InChI=1S/C14H17NO2/c1-11-7-8-13(12-5-3-2-4-6-12)15(9-11)14(17)10-16/h2-6,10-11,13H,7-9H2,1H3/t11-,13+/m1/s1. The van der Waals surface area contributed by atoms with Crippen LogP contribution in [0.5, 0.6) is 0 Å². The van der Waals surface area contributed by atoms with E-state index in [9.17, 15) is 9.59 Å². The number of carbonyl (C=O) groups is 2. The van der Waals surface area contributed by atoms with Crippen molar-refractivity contribution in [2.24, 2.45) is 5.92 Å². The van der Waals surface area contributed by atoms with E-state index in [1.807, 2.05) is 30.3 Å². The first kappa shape index (κ1) is 11.8. The summed E-state index contributed by atoms with van der Waals surface area (Å²) in [5, 5.41) is 0. The summed E-state index contributed by atoms with van der Waals surface area (Å²) in [6, 6.07) is 10.00. The highest BCUT2D eigenvalue weighted by Crippen LogP contribution is 2.32. The number of nitrogens with zero attached hydrogens (tertiary/aromatic N) is 1. The lowest BCUT2D eigenvalue weighted by atomic mass is 9.90. The Morgan fingerprint density at radius 3 is 2.65 bits per heavy atom. The zero-order valence-electron chi connectivity index (χ0n) is 10.0. The minimum absolute atomic E-state index is 0.0603. The minimum Gasteiger partial charge on any atom is -0.329 e. The van der Waals surface area contributed by atoms with Crippen LogP contribution in [0.1, 0.15) is 31.4 Å². The number of piperidine rings is 1. The van der Waals surface area contributed by atoms with E-state index in [-0.39, 0.29) is 6.04 Å². The van der Waals surface area contributed by atoms with Crippen molar-refractivity contribution in [3.63, 3.8) is 0 Å². The van der Waals surface area contributed by atoms with Gasteiger partial charge in [-0.1, -0.05) is 37.3 Å². The summed E-state index contributed by atoms with van der Waals surface area (Å²) in [7, 11) is 0. The highest BCUT2D eigenvalue weighted by molar-refractivity contribution is 6.23. The summed E-state index contributed by atoms with van der Waals surface area (Å²) < 4.78 is 0. The molecule has 3 heteroatoms. The van der Waals surface area contributed by atoms with Crippen molar-refractivity contribution in [2.45, 2.75) is 25.8 Å². The molecule has 0 radical (unpaired) electrons. The predicted molar refractivity (Wildman–Crippen MR) is 65.4 cm³/mol. The first-order chi connectivity index (χ1) is 8.22. The second-order valence-electron chi connectivity index (χ2n) is 4.72. The Morgan fingerprint density at radius 2 is 2.00 bits per heavy atom. The molecule has 1 fully saturated rings. The molecule has 0 unspecified atom stereocenters. The van der Waals surface area contributed by atoms with E-state index in [0.717, 1.165) is 18.4 Å². The summed E-state index contributed by atoms with van der Waals surface area (Å²) in [5.41, 5.74) is 1.12.